The van der Waals surface area contributed by atoms with Gasteiger partial charge in [0.2, 0.25) is 0 Å². The third-order valence-corrected chi connectivity index (χ3v) is 6.56. The fourth-order valence-corrected chi connectivity index (χ4v) is 4.63. The summed E-state index contributed by atoms with van der Waals surface area (Å²) in [5.74, 6) is -6.40. The molecule has 0 fully saturated rings. The number of rotatable bonds is 8. The van der Waals surface area contributed by atoms with Gasteiger partial charge in [0.15, 0.2) is 0 Å². The number of alkyl halides is 3. The van der Waals surface area contributed by atoms with E-state index in [4.69, 9.17) is 0 Å². The lowest BCUT2D eigenvalue weighted by molar-refractivity contribution is -0.142. The van der Waals surface area contributed by atoms with Crippen molar-refractivity contribution in [3.63, 3.8) is 0 Å². The first-order chi connectivity index (χ1) is 18.0. The van der Waals surface area contributed by atoms with Gasteiger partial charge < -0.3 is 0 Å². The first-order valence-electron chi connectivity index (χ1n) is 12.3. The molecule has 0 bridgehead atoms. The average molecular weight is 537 g/mol. The Bertz CT molecular complexity index is 1450. The lowest BCUT2D eigenvalue weighted by atomic mass is 9.95. The van der Waals surface area contributed by atoms with Crippen LogP contribution in [-0.2, 0) is 12.6 Å². The summed E-state index contributed by atoms with van der Waals surface area (Å²) in [5, 5.41) is -0.850. The molecule has 0 radical (unpaired) electrons. The second kappa shape index (κ2) is 11.1. The molecule has 0 atom stereocenters. The van der Waals surface area contributed by atoms with Crippen molar-refractivity contribution >= 4 is 10.8 Å². The summed E-state index contributed by atoms with van der Waals surface area (Å²) in [7, 11) is 0. The quantitative estimate of drug-likeness (QED) is 0.155. The standard InChI is InChI=1S/C30H24F8/c1-2-3-4-5-6-7-17-8-10-21(23(31)12-17)20-14-24(32)27(25(33)15-20)18-9-11-22-19(13-18)16-26(34)28(29(22)35)30(36,37)38/h8-16H,2-7H2,1H3. The first kappa shape index (κ1) is 27.6. The molecule has 4 rings (SSSR count). The van der Waals surface area contributed by atoms with Crippen molar-refractivity contribution in [1.29, 1.82) is 0 Å². The van der Waals surface area contributed by atoms with Crippen LogP contribution in [0.15, 0.2) is 54.6 Å². The Hall–Kier alpha value is -3.42. The highest BCUT2D eigenvalue weighted by Gasteiger charge is 2.38. The van der Waals surface area contributed by atoms with Gasteiger partial charge in [-0.15, -0.1) is 0 Å². The van der Waals surface area contributed by atoms with Crippen molar-refractivity contribution < 1.29 is 35.1 Å². The summed E-state index contributed by atoms with van der Waals surface area (Å²) < 4.78 is 112. The van der Waals surface area contributed by atoms with E-state index in [1.807, 2.05) is 0 Å². The zero-order valence-electron chi connectivity index (χ0n) is 20.5. The van der Waals surface area contributed by atoms with E-state index in [-0.39, 0.29) is 22.1 Å². The lowest BCUT2D eigenvalue weighted by Crippen LogP contribution is -2.11. The molecule has 0 aromatic heterocycles. The predicted molar refractivity (Wildman–Crippen MR) is 132 cm³/mol. The fourth-order valence-electron chi connectivity index (χ4n) is 4.63. The van der Waals surface area contributed by atoms with Gasteiger partial charge in [-0.1, -0.05) is 56.9 Å². The molecule has 38 heavy (non-hydrogen) atoms. The second-order valence-corrected chi connectivity index (χ2v) is 9.27. The number of hydrogen-bond donors (Lipinski definition) is 0. The maximum Gasteiger partial charge on any atom is 0.422 e. The van der Waals surface area contributed by atoms with Gasteiger partial charge in [-0.2, -0.15) is 13.2 Å². The highest BCUT2D eigenvalue weighted by atomic mass is 19.4. The summed E-state index contributed by atoms with van der Waals surface area (Å²) in [6.45, 7) is 2.12. The van der Waals surface area contributed by atoms with Gasteiger partial charge in [0.1, 0.15) is 34.6 Å². The Morgan fingerprint density at radius 1 is 0.632 bits per heavy atom. The molecular weight excluding hydrogens is 512 g/mol. The minimum absolute atomic E-state index is 0.00594. The third-order valence-electron chi connectivity index (χ3n) is 6.56. The van der Waals surface area contributed by atoms with Gasteiger partial charge in [-0.3, -0.25) is 0 Å². The molecule has 0 aliphatic carbocycles. The van der Waals surface area contributed by atoms with Crippen LogP contribution in [0.2, 0.25) is 0 Å². The van der Waals surface area contributed by atoms with Gasteiger partial charge in [-0.05, 0) is 65.3 Å². The summed E-state index contributed by atoms with van der Waals surface area (Å²) >= 11 is 0. The SMILES string of the molecule is CCCCCCCc1ccc(-c2cc(F)c(-c3ccc4c(F)c(C(F)(F)F)c(F)cc4c3)c(F)c2)c(F)c1. The van der Waals surface area contributed by atoms with E-state index in [1.54, 1.807) is 6.07 Å². The Balaban J connectivity index is 1.65. The fraction of sp³-hybridized carbons (Fsp3) is 0.267. The Morgan fingerprint density at radius 3 is 1.95 bits per heavy atom. The molecule has 0 spiro atoms. The molecule has 4 aromatic carbocycles. The van der Waals surface area contributed by atoms with Crippen LogP contribution in [0.3, 0.4) is 0 Å². The summed E-state index contributed by atoms with van der Waals surface area (Å²) in [6, 6.07) is 9.82. The Morgan fingerprint density at radius 2 is 1.32 bits per heavy atom. The molecule has 0 amide bonds. The minimum atomic E-state index is -5.25. The number of aryl methyl sites for hydroxylation is 1. The van der Waals surface area contributed by atoms with Crippen molar-refractivity contribution in [1.82, 2.24) is 0 Å². The Labute approximate surface area is 214 Å². The molecule has 4 aromatic rings. The maximum atomic E-state index is 15.1. The van der Waals surface area contributed by atoms with E-state index in [9.17, 15) is 26.3 Å². The van der Waals surface area contributed by atoms with Crippen molar-refractivity contribution in [2.24, 2.45) is 0 Å². The molecular formula is C30H24F8. The second-order valence-electron chi connectivity index (χ2n) is 9.27. The van der Waals surface area contributed by atoms with Crippen molar-refractivity contribution in [3.8, 4) is 22.3 Å². The summed E-state index contributed by atoms with van der Waals surface area (Å²) in [6.07, 6.45) is 0.758. The van der Waals surface area contributed by atoms with Crippen LogP contribution in [0.1, 0.15) is 50.2 Å². The zero-order valence-corrected chi connectivity index (χ0v) is 20.5. The van der Waals surface area contributed by atoms with E-state index < -0.39 is 51.8 Å². The predicted octanol–water partition coefficient (Wildman–Crippen LogP) is 10.4. The molecule has 0 saturated carbocycles. The third kappa shape index (κ3) is 5.69. The van der Waals surface area contributed by atoms with Gasteiger partial charge in [-0.25, -0.2) is 22.0 Å². The molecule has 0 aliphatic heterocycles. The van der Waals surface area contributed by atoms with Crippen LogP contribution >= 0.6 is 0 Å². The number of benzene rings is 4. The molecule has 0 N–H and O–H groups in total. The highest BCUT2D eigenvalue weighted by Crippen LogP contribution is 2.39. The Kier molecular flexibility index (Phi) is 8.09. The number of fused-ring (bicyclic) bond motifs is 1. The van der Waals surface area contributed by atoms with Crippen molar-refractivity contribution in [2.75, 3.05) is 0 Å². The van der Waals surface area contributed by atoms with E-state index >= 15 is 8.78 Å². The van der Waals surface area contributed by atoms with Gasteiger partial charge in [0.25, 0.3) is 0 Å². The van der Waals surface area contributed by atoms with Crippen LogP contribution < -0.4 is 0 Å². The van der Waals surface area contributed by atoms with E-state index in [0.29, 0.717) is 12.5 Å². The topological polar surface area (TPSA) is 0 Å². The van der Waals surface area contributed by atoms with E-state index in [1.165, 1.54) is 12.1 Å². The lowest BCUT2D eigenvalue weighted by Gasteiger charge is -2.13. The largest absolute Gasteiger partial charge is 0.422 e. The van der Waals surface area contributed by atoms with Gasteiger partial charge in [0.05, 0.1) is 5.56 Å². The molecule has 0 saturated heterocycles. The number of halogens is 8. The average Bonchev–Trinajstić information content (AvgIpc) is 2.82. The number of hydrogen-bond acceptors (Lipinski definition) is 0. The monoisotopic (exact) mass is 536 g/mol. The molecule has 0 heterocycles. The van der Waals surface area contributed by atoms with E-state index in [0.717, 1.165) is 68.0 Å². The normalized spacial score (nSPS) is 11.9. The number of unbranched alkanes of at least 4 members (excludes halogenated alkanes) is 4. The minimum Gasteiger partial charge on any atom is -0.206 e. The van der Waals surface area contributed by atoms with Crippen LogP contribution in [0, 0.1) is 29.1 Å². The molecule has 200 valence electrons. The van der Waals surface area contributed by atoms with Gasteiger partial charge in [0, 0.05) is 10.9 Å². The zero-order chi connectivity index (χ0) is 27.6. The van der Waals surface area contributed by atoms with Crippen LogP contribution in [0.5, 0.6) is 0 Å². The molecule has 0 unspecified atom stereocenters. The maximum absolute atomic E-state index is 15.1. The van der Waals surface area contributed by atoms with Crippen molar-refractivity contribution in [3.05, 3.63) is 94.8 Å². The summed E-state index contributed by atoms with van der Waals surface area (Å²) in [4.78, 5) is 0. The van der Waals surface area contributed by atoms with Gasteiger partial charge >= 0.3 is 6.18 Å². The van der Waals surface area contributed by atoms with Crippen LogP contribution in [0.25, 0.3) is 33.0 Å². The first-order valence-corrected chi connectivity index (χ1v) is 12.3. The van der Waals surface area contributed by atoms with Crippen LogP contribution in [0.4, 0.5) is 35.1 Å². The molecule has 0 aliphatic rings. The molecule has 8 heteroatoms. The van der Waals surface area contributed by atoms with Crippen molar-refractivity contribution in [2.45, 2.75) is 51.6 Å². The summed E-state index contributed by atoms with van der Waals surface area (Å²) in [5.41, 5.74) is -1.99. The van der Waals surface area contributed by atoms with E-state index in [2.05, 4.69) is 6.92 Å². The molecule has 0 nitrogen and oxygen atoms in total. The van der Waals surface area contributed by atoms with Crippen LogP contribution in [-0.4, -0.2) is 0 Å². The highest BCUT2D eigenvalue weighted by molar-refractivity contribution is 5.89. The smallest absolute Gasteiger partial charge is 0.206 e.